The molecule has 0 unspecified atom stereocenters. The van der Waals surface area contributed by atoms with Crippen molar-refractivity contribution in [1.29, 1.82) is 0 Å². The molecular formula is C12H12ClF4N. The first-order chi connectivity index (χ1) is 8.39. The van der Waals surface area contributed by atoms with Crippen molar-refractivity contribution in [2.75, 3.05) is 6.54 Å². The molecular weight excluding hydrogens is 270 g/mol. The molecule has 1 saturated heterocycles. The first-order valence-corrected chi connectivity index (χ1v) is 6.07. The Morgan fingerprint density at radius 3 is 2.50 bits per heavy atom. The van der Waals surface area contributed by atoms with Crippen molar-refractivity contribution >= 4 is 11.6 Å². The van der Waals surface area contributed by atoms with E-state index in [9.17, 15) is 17.6 Å². The Balaban J connectivity index is 2.42. The smallest absolute Gasteiger partial charge is 0.310 e. The van der Waals surface area contributed by atoms with Gasteiger partial charge in [-0.2, -0.15) is 13.2 Å². The standard InChI is InChI=1S/C12H12ClF4N/c13-9-6-7(12(15,16)17)5-8(11(9)14)10-3-1-2-4-18-10/h5-6,10,18H,1-4H2/t10-/m0/s1. The van der Waals surface area contributed by atoms with Crippen molar-refractivity contribution < 1.29 is 17.6 Å². The van der Waals surface area contributed by atoms with Crippen LogP contribution in [0.15, 0.2) is 12.1 Å². The van der Waals surface area contributed by atoms with Crippen LogP contribution < -0.4 is 5.32 Å². The van der Waals surface area contributed by atoms with Crippen LogP contribution in [0.2, 0.25) is 5.02 Å². The van der Waals surface area contributed by atoms with Crippen LogP contribution in [0, 0.1) is 5.82 Å². The summed E-state index contributed by atoms with van der Waals surface area (Å²) in [6.07, 6.45) is -2.08. The number of piperidine rings is 1. The van der Waals surface area contributed by atoms with E-state index in [1.807, 2.05) is 0 Å². The van der Waals surface area contributed by atoms with Crippen LogP contribution in [0.5, 0.6) is 0 Å². The summed E-state index contributed by atoms with van der Waals surface area (Å²) in [5.41, 5.74) is -0.897. The lowest BCUT2D eigenvalue weighted by Crippen LogP contribution is -2.28. The molecule has 1 aromatic carbocycles. The second kappa shape index (κ2) is 5.05. The third-order valence-corrected chi connectivity index (χ3v) is 3.34. The second-order valence-electron chi connectivity index (χ2n) is 4.36. The molecule has 2 rings (SSSR count). The van der Waals surface area contributed by atoms with Gasteiger partial charge in [-0.3, -0.25) is 0 Å². The van der Waals surface area contributed by atoms with Gasteiger partial charge >= 0.3 is 6.18 Å². The number of benzene rings is 1. The summed E-state index contributed by atoms with van der Waals surface area (Å²) in [6.45, 7) is 0.679. The van der Waals surface area contributed by atoms with Gasteiger partial charge in [-0.15, -0.1) is 0 Å². The zero-order valence-corrected chi connectivity index (χ0v) is 10.2. The third-order valence-electron chi connectivity index (χ3n) is 3.07. The fourth-order valence-electron chi connectivity index (χ4n) is 2.14. The quantitative estimate of drug-likeness (QED) is 0.756. The fraction of sp³-hybridized carbons (Fsp3) is 0.500. The first-order valence-electron chi connectivity index (χ1n) is 5.69. The molecule has 0 bridgehead atoms. The Bertz CT molecular complexity index is 438. The summed E-state index contributed by atoms with van der Waals surface area (Å²) < 4.78 is 51.8. The van der Waals surface area contributed by atoms with E-state index >= 15 is 0 Å². The molecule has 0 aliphatic carbocycles. The molecule has 6 heteroatoms. The van der Waals surface area contributed by atoms with E-state index in [-0.39, 0.29) is 5.56 Å². The van der Waals surface area contributed by atoms with Crippen LogP contribution in [-0.4, -0.2) is 6.54 Å². The van der Waals surface area contributed by atoms with E-state index in [0.29, 0.717) is 19.0 Å². The highest BCUT2D eigenvalue weighted by atomic mass is 35.5. The lowest BCUT2D eigenvalue weighted by molar-refractivity contribution is -0.137. The SMILES string of the molecule is Fc1c(Cl)cc(C(F)(F)F)cc1[C@@H]1CCCCN1. The lowest BCUT2D eigenvalue weighted by atomic mass is 9.95. The minimum atomic E-state index is -4.51. The monoisotopic (exact) mass is 281 g/mol. The Labute approximate surface area is 107 Å². The zero-order valence-electron chi connectivity index (χ0n) is 9.45. The molecule has 1 nitrogen and oxygen atoms in total. The molecule has 0 saturated carbocycles. The minimum Gasteiger partial charge on any atom is -0.310 e. The van der Waals surface area contributed by atoms with Crippen LogP contribution in [0.4, 0.5) is 17.6 Å². The number of alkyl halides is 3. The Morgan fingerprint density at radius 1 is 1.22 bits per heavy atom. The van der Waals surface area contributed by atoms with Crippen LogP contribution in [-0.2, 0) is 6.18 Å². The molecule has 1 N–H and O–H groups in total. The van der Waals surface area contributed by atoms with Crippen molar-refractivity contribution in [3.8, 4) is 0 Å². The van der Waals surface area contributed by atoms with E-state index in [2.05, 4.69) is 5.32 Å². The van der Waals surface area contributed by atoms with Gasteiger partial charge < -0.3 is 5.32 Å². The minimum absolute atomic E-state index is 0.00882. The van der Waals surface area contributed by atoms with Gasteiger partial charge in [0.15, 0.2) is 0 Å². The Morgan fingerprint density at radius 2 is 1.94 bits per heavy atom. The predicted octanol–water partition coefficient (Wildman–Crippen LogP) is 4.31. The molecule has 1 aliphatic rings. The average Bonchev–Trinajstić information content (AvgIpc) is 2.32. The maximum absolute atomic E-state index is 13.8. The third kappa shape index (κ3) is 2.78. The fourth-order valence-corrected chi connectivity index (χ4v) is 2.37. The summed E-state index contributed by atoms with van der Waals surface area (Å²) in [5.74, 6) is -0.760. The average molecular weight is 282 g/mol. The van der Waals surface area contributed by atoms with Gasteiger partial charge in [-0.25, -0.2) is 4.39 Å². The summed E-state index contributed by atoms with van der Waals surface area (Å²) in [6, 6.07) is 1.09. The lowest BCUT2D eigenvalue weighted by Gasteiger charge is -2.25. The van der Waals surface area contributed by atoms with Gasteiger partial charge in [0.1, 0.15) is 5.82 Å². The van der Waals surface area contributed by atoms with Gasteiger partial charge in [0.2, 0.25) is 0 Å². The summed E-state index contributed by atoms with van der Waals surface area (Å²) in [5, 5.41) is 2.54. The van der Waals surface area contributed by atoms with Gasteiger partial charge in [0, 0.05) is 11.6 Å². The summed E-state index contributed by atoms with van der Waals surface area (Å²) in [7, 11) is 0. The van der Waals surface area contributed by atoms with E-state index < -0.39 is 28.6 Å². The highest BCUT2D eigenvalue weighted by Crippen LogP contribution is 2.36. The van der Waals surface area contributed by atoms with Gasteiger partial charge in [0.05, 0.1) is 10.6 Å². The van der Waals surface area contributed by atoms with Crippen molar-refractivity contribution in [3.63, 3.8) is 0 Å². The number of halogens is 5. The van der Waals surface area contributed by atoms with Crippen LogP contribution in [0.25, 0.3) is 0 Å². The van der Waals surface area contributed by atoms with Crippen molar-refractivity contribution in [2.24, 2.45) is 0 Å². The maximum atomic E-state index is 13.8. The first kappa shape index (κ1) is 13.6. The Hall–Kier alpha value is -0.810. The molecule has 0 radical (unpaired) electrons. The van der Waals surface area contributed by atoms with Crippen molar-refractivity contribution in [1.82, 2.24) is 5.32 Å². The number of hydrogen-bond donors (Lipinski definition) is 1. The van der Waals surface area contributed by atoms with Gasteiger partial charge in [-0.1, -0.05) is 18.0 Å². The maximum Gasteiger partial charge on any atom is 0.416 e. The molecule has 1 aliphatic heterocycles. The summed E-state index contributed by atoms with van der Waals surface area (Å²) in [4.78, 5) is 0. The molecule has 100 valence electrons. The topological polar surface area (TPSA) is 12.0 Å². The molecule has 1 fully saturated rings. The van der Waals surface area contributed by atoms with E-state index in [1.54, 1.807) is 0 Å². The van der Waals surface area contributed by atoms with Crippen LogP contribution >= 0.6 is 11.6 Å². The number of nitrogens with one attached hydrogen (secondary N) is 1. The predicted molar refractivity (Wildman–Crippen MR) is 61.0 cm³/mol. The molecule has 0 aromatic heterocycles. The molecule has 1 atom stereocenters. The highest BCUT2D eigenvalue weighted by Gasteiger charge is 2.33. The van der Waals surface area contributed by atoms with Crippen molar-refractivity contribution in [2.45, 2.75) is 31.5 Å². The van der Waals surface area contributed by atoms with E-state index in [0.717, 1.165) is 18.9 Å². The van der Waals surface area contributed by atoms with Crippen LogP contribution in [0.3, 0.4) is 0 Å². The van der Waals surface area contributed by atoms with Crippen LogP contribution in [0.1, 0.15) is 36.4 Å². The van der Waals surface area contributed by atoms with E-state index in [1.165, 1.54) is 0 Å². The normalized spacial score (nSPS) is 21.1. The van der Waals surface area contributed by atoms with Gasteiger partial charge in [-0.05, 0) is 31.5 Å². The number of hydrogen-bond acceptors (Lipinski definition) is 1. The molecule has 1 heterocycles. The number of rotatable bonds is 1. The van der Waals surface area contributed by atoms with Crippen molar-refractivity contribution in [3.05, 3.63) is 34.1 Å². The zero-order chi connectivity index (χ0) is 13.3. The molecule has 1 aromatic rings. The molecule has 0 amide bonds. The molecule has 18 heavy (non-hydrogen) atoms. The highest BCUT2D eigenvalue weighted by molar-refractivity contribution is 6.30. The summed E-state index contributed by atoms with van der Waals surface area (Å²) >= 11 is 5.54. The molecule has 0 spiro atoms. The van der Waals surface area contributed by atoms with E-state index in [4.69, 9.17) is 11.6 Å². The Kier molecular flexibility index (Phi) is 3.82. The van der Waals surface area contributed by atoms with Gasteiger partial charge in [0.25, 0.3) is 0 Å². The second-order valence-corrected chi connectivity index (χ2v) is 4.77. The largest absolute Gasteiger partial charge is 0.416 e.